The SMILES string of the molecule is COc1ccc(CN2CCCCCC2)cc1C(=N)N. The van der Waals surface area contributed by atoms with Gasteiger partial charge in [0.25, 0.3) is 0 Å². The minimum atomic E-state index is 0.0644. The molecule has 0 amide bonds. The number of rotatable bonds is 4. The lowest BCUT2D eigenvalue weighted by Gasteiger charge is -2.20. The monoisotopic (exact) mass is 261 g/mol. The third-order valence-electron chi connectivity index (χ3n) is 3.66. The fraction of sp³-hybridized carbons (Fsp3) is 0.533. The van der Waals surface area contributed by atoms with Crippen molar-refractivity contribution in [1.82, 2.24) is 4.90 Å². The molecule has 1 fully saturated rings. The average Bonchev–Trinajstić information content (AvgIpc) is 2.67. The molecular weight excluding hydrogens is 238 g/mol. The van der Waals surface area contributed by atoms with E-state index in [0.717, 1.165) is 6.54 Å². The average molecular weight is 261 g/mol. The number of hydrogen-bond acceptors (Lipinski definition) is 3. The normalized spacial score (nSPS) is 16.9. The summed E-state index contributed by atoms with van der Waals surface area (Å²) in [7, 11) is 1.61. The summed E-state index contributed by atoms with van der Waals surface area (Å²) in [6, 6.07) is 5.95. The van der Waals surface area contributed by atoms with Crippen molar-refractivity contribution in [2.45, 2.75) is 32.2 Å². The highest BCUT2D eigenvalue weighted by Crippen LogP contribution is 2.21. The van der Waals surface area contributed by atoms with E-state index in [4.69, 9.17) is 15.9 Å². The Morgan fingerprint density at radius 2 is 1.95 bits per heavy atom. The number of amidine groups is 1. The van der Waals surface area contributed by atoms with Gasteiger partial charge in [-0.15, -0.1) is 0 Å². The Bertz CT molecular complexity index is 437. The highest BCUT2D eigenvalue weighted by atomic mass is 16.5. The van der Waals surface area contributed by atoms with E-state index in [9.17, 15) is 0 Å². The molecule has 0 spiro atoms. The smallest absolute Gasteiger partial charge is 0.129 e. The molecule has 1 aromatic rings. The first-order valence-corrected chi connectivity index (χ1v) is 6.94. The van der Waals surface area contributed by atoms with Gasteiger partial charge in [-0.2, -0.15) is 0 Å². The zero-order chi connectivity index (χ0) is 13.7. The van der Waals surface area contributed by atoms with Crippen LogP contribution in [0.15, 0.2) is 18.2 Å². The van der Waals surface area contributed by atoms with Crippen LogP contribution in [-0.4, -0.2) is 30.9 Å². The molecule has 0 aliphatic carbocycles. The molecule has 1 aromatic carbocycles. The van der Waals surface area contributed by atoms with E-state index in [1.807, 2.05) is 12.1 Å². The van der Waals surface area contributed by atoms with Crippen molar-refractivity contribution in [2.75, 3.05) is 20.2 Å². The lowest BCUT2D eigenvalue weighted by atomic mass is 10.1. The lowest BCUT2D eigenvalue weighted by molar-refractivity contribution is 0.277. The number of methoxy groups -OCH3 is 1. The van der Waals surface area contributed by atoms with E-state index in [1.165, 1.54) is 44.3 Å². The van der Waals surface area contributed by atoms with Gasteiger partial charge >= 0.3 is 0 Å². The first kappa shape index (κ1) is 13.9. The molecule has 0 atom stereocenters. The number of nitrogens with one attached hydrogen (secondary N) is 1. The zero-order valence-electron chi connectivity index (χ0n) is 11.6. The summed E-state index contributed by atoms with van der Waals surface area (Å²) >= 11 is 0. The molecule has 1 aliphatic rings. The van der Waals surface area contributed by atoms with Crippen LogP contribution in [0.1, 0.15) is 36.8 Å². The van der Waals surface area contributed by atoms with Crippen LogP contribution in [0.3, 0.4) is 0 Å². The Morgan fingerprint density at radius 1 is 1.26 bits per heavy atom. The summed E-state index contributed by atoms with van der Waals surface area (Å²) in [6.07, 6.45) is 5.26. The largest absolute Gasteiger partial charge is 0.496 e. The molecule has 2 rings (SSSR count). The van der Waals surface area contributed by atoms with Crippen molar-refractivity contribution >= 4 is 5.84 Å². The molecule has 4 nitrogen and oxygen atoms in total. The molecule has 0 saturated carbocycles. The van der Waals surface area contributed by atoms with Crippen LogP contribution in [0.25, 0.3) is 0 Å². The van der Waals surface area contributed by atoms with Crippen LogP contribution in [0.4, 0.5) is 0 Å². The van der Waals surface area contributed by atoms with Gasteiger partial charge in [-0.3, -0.25) is 10.3 Å². The molecule has 0 bridgehead atoms. The Balaban J connectivity index is 2.11. The second-order valence-electron chi connectivity index (χ2n) is 5.14. The van der Waals surface area contributed by atoms with E-state index in [1.54, 1.807) is 7.11 Å². The van der Waals surface area contributed by atoms with Gasteiger partial charge in [-0.05, 0) is 43.6 Å². The van der Waals surface area contributed by atoms with Crippen LogP contribution in [0.2, 0.25) is 0 Å². The maximum absolute atomic E-state index is 7.61. The maximum Gasteiger partial charge on any atom is 0.129 e. The summed E-state index contributed by atoms with van der Waals surface area (Å²) in [6.45, 7) is 3.27. The van der Waals surface area contributed by atoms with Crippen LogP contribution in [0.5, 0.6) is 5.75 Å². The maximum atomic E-state index is 7.61. The molecule has 1 aliphatic heterocycles. The molecule has 4 heteroatoms. The molecule has 0 unspecified atom stereocenters. The second-order valence-corrected chi connectivity index (χ2v) is 5.14. The predicted molar refractivity (Wildman–Crippen MR) is 77.8 cm³/mol. The topological polar surface area (TPSA) is 62.3 Å². The summed E-state index contributed by atoms with van der Waals surface area (Å²) in [5, 5.41) is 7.61. The van der Waals surface area contributed by atoms with Gasteiger partial charge in [-0.25, -0.2) is 0 Å². The van der Waals surface area contributed by atoms with Crippen LogP contribution in [-0.2, 0) is 6.54 Å². The van der Waals surface area contributed by atoms with Crippen LogP contribution < -0.4 is 10.5 Å². The number of nitrogens with two attached hydrogens (primary N) is 1. The van der Waals surface area contributed by atoms with E-state index in [-0.39, 0.29) is 5.84 Å². The lowest BCUT2D eigenvalue weighted by Crippen LogP contribution is -2.24. The highest BCUT2D eigenvalue weighted by molar-refractivity contribution is 5.97. The van der Waals surface area contributed by atoms with Gasteiger partial charge in [-0.1, -0.05) is 18.9 Å². The quantitative estimate of drug-likeness (QED) is 0.646. The number of nitrogen functional groups attached to an aromatic ring is 1. The Kier molecular flexibility index (Phi) is 4.80. The first-order chi connectivity index (χ1) is 9.20. The minimum absolute atomic E-state index is 0.0644. The second kappa shape index (κ2) is 6.57. The van der Waals surface area contributed by atoms with Gasteiger partial charge in [0.1, 0.15) is 11.6 Å². The van der Waals surface area contributed by atoms with Crippen molar-refractivity contribution in [1.29, 1.82) is 5.41 Å². The fourth-order valence-electron chi connectivity index (χ4n) is 2.62. The van der Waals surface area contributed by atoms with E-state index < -0.39 is 0 Å². The summed E-state index contributed by atoms with van der Waals surface area (Å²) in [5.74, 6) is 0.738. The molecule has 104 valence electrons. The molecule has 1 heterocycles. The Hall–Kier alpha value is -1.55. The molecular formula is C15H23N3O. The summed E-state index contributed by atoms with van der Waals surface area (Å²) < 4.78 is 5.24. The van der Waals surface area contributed by atoms with Gasteiger partial charge in [0.15, 0.2) is 0 Å². The summed E-state index contributed by atoms with van der Waals surface area (Å²) in [4.78, 5) is 2.48. The van der Waals surface area contributed by atoms with Crippen molar-refractivity contribution in [3.05, 3.63) is 29.3 Å². The molecule has 19 heavy (non-hydrogen) atoms. The highest BCUT2D eigenvalue weighted by Gasteiger charge is 2.12. The number of likely N-dealkylation sites (tertiary alicyclic amines) is 1. The molecule has 0 radical (unpaired) electrons. The van der Waals surface area contributed by atoms with Crippen molar-refractivity contribution in [3.63, 3.8) is 0 Å². The third-order valence-corrected chi connectivity index (χ3v) is 3.66. The van der Waals surface area contributed by atoms with E-state index >= 15 is 0 Å². The molecule has 0 aromatic heterocycles. The zero-order valence-corrected chi connectivity index (χ0v) is 11.6. The van der Waals surface area contributed by atoms with Gasteiger partial charge < -0.3 is 10.5 Å². The Morgan fingerprint density at radius 3 is 2.53 bits per heavy atom. The fourth-order valence-corrected chi connectivity index (χ4v) is 2.62. The third kappa shape index (κ3) is 3.70. The van der Waals surface area contributed by atoms with Crippen molar-refractivity contribution in [3.8, 4) is 5.75 Å². The molecule has 3 N–H and O–H groups in total. The number of hydrogen-bond donors (Lipinski definition) is 2. The minimum Gasteiger partial charge on any atom is -0.496 e. The van der Waals surface area contributed by atoms with Crippen LogP contribution >= 0.6 is 0 Å². The van der Waals surface area contributed by atoms with Gasteiger partial charge in [0.05, 0.1) is 12.7 Å². The van der Waals surface area contributed by atoms with E-state index in [2.05, 4.69) is 11.0 Å². The Labute approximate surface area is 115 Å². The van der Waals surface area contributed by atoms with Crippen molar-refractivity contribution < 1.29 is 4.74 Å². The molecule has 1 saturated heterocycles. The van der Waals surface area contributed by atoms with E-state index in [0.29, 0.717) is 11.3 Å². The van der Waals surface area contributed by atoms with Crippen LogP contribution in [0, 0.1) is 5.41 Å². The van der Waals surface area contributed by atoms with Gasteiger partial charge in [0, 0.05) is 6.54 Å². The predicted octanol–water partition coefficient (Wildman–Crippen LogP) is 2.36. The number of ether oxygens (including phenoxy) is 1. The van der Waals surface area contributed by atoms with Gasteiger partial charge in [0.2, 0.25) is 0 Å². The van der Waals surface area contributed by atoms with Crippen molar-refractivity contribution in [2.24, 2.45) is 5.73 Å². The summed E-state index contributed by atoms with van der Waals surface area (Å²) in [5.41, 5.74) is 7.50. The number of nitrogens with zero attached hydrogens (tertiary/aromatic N) is 1. The number of benzene rings is 1. The first-order valence-electron chi connectivity index (χ1n) is 6.94. The standard InChI is InChI=1S/C15H23N3O/c1-19-14-7-6-12(10-13(14)15(16)17)11-18-8-4-2-3-5-9-18/h6-7,10H,2-5,8-9,11H2,1H3,(H3,16,17).